The van der Waals surface area contributed by atoms with Crippen molar-refractivity contribution in [1.82, 2.24) is 10.3 Å². The van der Waals surface area contributed by atoms with E-state index in [1.165, 1.54) is 5.56 Å². The van der Waals surface area contributed by atoms with E-state index in [-0.39, 0.29) is 0 Å². The Kier molecular flexibility index (Phi) is 5.42. The summed E-state index contributed by atoms with van der Waals surface area (Å²) in [5, 5.41) is 3.34. The molecule has 0 saturated heterocycles. The van der Waals surface area contributed by atoms with Crippen molar-refractivity contribution in [2.24, 2.45) is 5.92 Å². The van der Waals surface area contributed by atoms with Crippen LogP contribution in [0.5, 0.6) is 0 Å². The first-order valence-corrected chi connectivity index (χ1v) is 6.44. The number of anilines is 1. The van der Waals surface area contributed by atoms with E-state index in [2.05, 4.69) is 62.1 Å². The molecule has 0 aliphatic heterocycles. The Bertz CT molecular complexity index is 336. The molecular formula is C14H25N3. The van der Waals surface area contributed by atoms with Gasteiger partial charge in [0.1, 0.15) is 5.82 Å². The second kappa shape index (κ2) is 6.60. The van der Waals surface area contributed by atoms with E-state index in [9.17, 15) is 0 Å². The molecule has 1 rings (SSSR count). The number of hydrogen-bond acceptors (Lipinski definition) is 3. The van der Waals surface area contributed by atoms with Crippen molar-refractivity contribution in [2.75, 3.05) is 18.5 Å². The largest absolute Gasteiger partial charge is 0.357 e. The van der Waals surface area contributed by atoms with Gasteiger partial charge in [0.05, 0.1) is 0 Å². The smallest absolute Gasteiger partial charge is 0.128 e. The lowest BCUT2D eigenvalue weighted by atomic mass is 10.1. The minimum Gasteiger partial charge on any atom is -0.357 e. The summed E-state index contributed by atoms with van der Waals surface area (Å²) in [6.45, 7) is 10.7. The van der Waals surface area contributed by atoms with Crippen LogP contribution in [0.3, 0.4) is 0 Å². The number of nitrogens with zero attached hydrogens (tertiary/aromatic N) is 2. The van der Waals surface area contributed by atoms with Gasteiger partial charge in [0.25, 0.3) is 0 Å². The second-order valence-electron chi connectivity index (χ2n) is 4.90. The molecule has 0 amide bonds. The maximum Gasteiger partial charge on any atom is 0.128 e. The fourth-order valence-electron chi connectivity index (χ4n) is 1.69. The van der Waals surface area contributed by atoms with E-state index in [0.29, 0.717) is 12.0 Å². The molecule has 0 bridgehead atoms. The molecule has 0 aromatic carbocycles. The molecular weight excluding hydrogens is 210 g/mol. The van der Waals surface area contributed by atoms with Gasteiger partial charge in [-0.15, -0.1) is 0 Å². The zero-order chi connectivity index (χ0) is 12.8. The van der Waals surface area contributed by atoms with Gasteiger partial charge in [-0.05, 0) is 37.1 Å². The first-order chi connectivity index (χ1) is 8.06. The lowest BCUT2D eigenvalue weighted by Crippen LogP contribution is -2.33. The molecule has 1 aromatic heterocycles. The third-order valence-electron chi connectivity index (χ3n) is 3.33. The molecule has 3 heteroatoms. The highest BCUT2D eigenvalue weighted by molar-refractivity contribution is 5.41. The summed E-state index contributed by atoms with van der Waals surface area (Å²) < 4.78 is 0. The van der Waals surface area contributed by atoms with Crippen LogP contribution in [0.2, 0.25) is 0 Å². The molecule has 3 nitrogen and oxygen atoms in total. The Hall–Kier alpha value is -1.09. The van der Waals surface area contributed by atoms with Crippen molar-refractivity contribution in [3.63, 3.8) is 0 Å². The van der Waals surface area contributed by atoms with Crippen molar-refractivity contribution in [3.05, 3.63) is 23.9 Å². The van der Waals surface area contributed by atoms with Crippen LogP contribution < -0.4 is 10.2 Å². The zero-order valence-electron chi connectivity index (χ0n) is 11.7. The summed E-state index contributed by atoms with van der Waals surface area (Å²) in [5.74, 6) is 1.68. The Balaban J connectivity index is 2.76. The Morgan fingerprint density at radius 3 is 2.65 bits per heavy atom. The minimum atomic E-state index is 0.497. The molecule has 0 fully saturated rings. The first kappa shape index (κ1) is 14.0. The van der Waals surface area contributed by atoms with E-state index < -0.39 is 0 Å². The normalized spacial score (nSPS) is 12.8. The molecule has 1 unspecified atom stereocenters. The van der Waals surface area contributed by atoms with Gasteiger partial charge in [0.15, 0.2) is 0 Å². The zero-order valence-corrected chi connectivity index (χ0v) is 11.7. The van der Waals surface area contributed by atoms with Crippen molar-refractivity contribution in [2.45, 2.75) is 40.3 Å². The monoisotopic (exact) mass is 235 g/mol. The number of hydrogen-bond donors (Lipinski definition) is 1. The van der Waals surface area contributed by atoms with Gasteiger partial charge in [-0.3, -0.25) is 0 Å². The average Bonchev–Trinajstić information content (AvgIpc) is 2.34. The molecule has 1 atom stereocenters. The van der Waals surface area contributed by atoms with Crippen LogP contribution in [-0.4, -0.2) is 24.6 Å². The summed E-state index contributed by atoms with van der Waals surface area (Å²) in [5.41, 5.74) is 1.29. The van der Waals surface area contributed by atoms with Gasteiger partial charge in [-0.25, -0.2) is 4.98 Å². The molecule has 1 aromatic rings. The fourth-order valence-corrected chi connectivity index (χ4v) is 1.69. The maximum absolute atomic E-state index is 4.45. The fraction of sp³-hybridized carbons (Fsp3) is 0.643. The summed E-state index contributed by atoms with van der Waals surface area (Å²) in [6.07, 6.45) is 1.89. The number of pyridine rings is 1. The van der Waals surface area contributed by atoms with Crippen molar-refractivity contribution >= 4 is 5.82 Å². The lowest BCUT2D eigenvalue weighted by molar-refractivity contribution is 0.502. The molecule has 0 saturated carbocycles. The van der Waals surface area contributed by atoms with Crippen LogP contribution in [0, 0.1) is 5.92 Å². The highest BCUT2D eigenvalue weighted by atomic mass is 15.2. The molecule has 0 aliphatic rings. The topological polar surface area (TPSA) is 28.2 Å². The molecule has 0 spiro atoms. The van der Waals surface area contributed by atoms with Gasteiger partial charge >= 0.3 is 0 Å². The van der Waals surface area contributed by atoms with E-state index in [1.807, 2.05) is 6.20 Å². The van der Waals surface area contributed by atoms with E-state index in [0.717, 1.165) is 18.9 Å². The van der Waals surface area contributed by atoms with Gasteiger partial charge in [0.2, 0.25) is 0 Å². The first-order valence-electron chi connectivity index (χ1n) is 6.44. The highest BCUT2D eigenvalue weighted by Crippen LogP contribution is 2.17. The number of aromatic nitrogens is 1. The third-order valence-corrected chi connectivity index (χ3v) is 3.33. The van der Waals surface area contributed by atoms with Crippen molar-refractivity contribution in [3.8, 4) is 0 Å². The minimum absolute atomic E-state index is 0.497. The van der Waals surface area contributed by atoms with Crippen LogP contribution >= 0.6 is 0 Å². The van der Waals surface area contributed by atoms with E-state index in [4.69, 9.17) is 0 Å². The summed E-state index contributed by atoms with van der Waals surface area (Å²) in [6, 6.07) is 4.73. The van der Waals surface area contributed by atoms with Gasteiger partial charge < -0.3 is 10.2 Å². The molecule has 1 N–H and O–H groups in total. The molecule has 1 heterocycles. The van der Waals surface area contributed by atoms with Gasteiger partial charge in [-0.1, -0.05) is 20.8 Å². The van der Waals surface area contributed by atoms with Crippen LogP contribution in [0.4, 0.5) is 5.82 Å². The SMILES string of the molecule is CCNCc1ccnc(N(C)C(C)C(C)C)c1. The molecule has 17 heavy (non-hydrogen) atoms. The highest BCUT2D eigenvalue weighted by Gasteiger charge is 2.14. The lowest BCUT2D eigenvalue weighted by Gasteiger charge is -2.29. The van der Waals surface area contributed by atoms with Crippen LogP contribution in [-0.2, 0) is 6.54 Å². The number of rotatable bonds is 6. The summed E-state index contributed by atoms with van der Waals surface area (Å²) in [4.78, 5) is 6.70. The van der Waals surface area contributed by atoms with Crippen LogP contribution in [0.15, 0.2) is 18.3 Å². The predicted molar refractivity (Wildman–Crippen MR) is 74.3 cm³/mol. The predicted octanol–water partition coefficient (Wildman–Crippen LogP) is 2.67. The summed E-state index contributed by atoms with van der Waals surface area (Å²) in [7, 11) is 2.12. The van der Waals surface area contributed by atoms with Crippen molar-refractivity contribution in [1.29, 1.82) is 0 Å². The van der Waals surface area contributed by atoms with Crippen molar-refractivity contribution < 1.29 is 0 Å². The maximum atomic E-state index is 4.45. The van der Waals surface area contributed by atoms with Gasteiger partial charge in [-0.2, -0.15) is 0 Å². The van der Waals surface area contributed by atoms with Gasteiger partial charge in [0, 0.05) is 25.8 Å². The quantitative estimate of drug-likeness (QED) is 0.821. The summed E-state index contributed by atoms with van der Waals surface area (Å²) >= 11 is 0. The standard InChI is InChI=1S/C14H25N3/c1-6-15-10-13-7-8-16-14(9-13)17(5)12(4)11(2)3/h7-9,11-12,15H,6,10H2,1-5H3. The Labute approximate surface area is 105 Å². The Morgan fingerprint density at radius 1 is 1.35 bits per heavy atom. The molecule has 0 radical (unpaired) electrons. The van der Waals surface area contributed by atoms with Crippen LogP contribution in [0.1, 0.15) is 33.3 Å². The number of nitrogens with one attached hydrogen (secondary N) is 1. The Morgan fingerprint density at radius 2 is 2.06 bits per heavy atom. The third kappa shape index (κ3) is 4.00. The average molecular weight is 235 g/mol. The molecule has 0 aliphatic carbocycles. The second-order valence-corrected chi connectivity index (χ2v) is 4.90. The van der Waals surface area contributed by atoms with E-state index in [1.54, 1.807) is 0 Å². The molecule has 96 valence electrons. The van der Waals surface area contributed by atoms with Crippen LogP contribution in [0.25, 0.3) is 0 Å². The van der Waals surface area contributed by atoms with E-state index >= 15 is 0 Å².